The molecule has 3 aromatic rings. The zero-order valence-corrected chi connectivity index (χ0v) is 19.1. The number of benzene rings is 2. The molecular formula is C23H30Cl2N3O-. The van der Waals surface area contributed by atoms with E-state index in [1.807, 2.05) is 24.3 Å². The number of methoxy groups -OCH3 is 1. The van der Waals surface area contributed by atoms with Gasteiger partial charge in [-0.2, -0.15) is 0 Å². The molecule has 1 heterocycles. The molecule has 1 atom stereocenters. The van der Waals surface area contributed by atoms with E-state index in [1.165, 1.54) is 6.42 Å². The van der Waals surface area contributed by atoms with Gasteiger partial charge in [0.25, 0.3) is 0 Å². The van der Waals surface area contributed by atoms with Gasteiger partial charge in [0.2, 0.25) is 0 Å². The summed E-state index contributed by atoms with van der Waals surface area (Å²) >= 11 is 6.22. The maximum Gasteiger partial charge on any atom is 0.119 e. The largest absolute Gasteiger partial charge is 1.00 e. The first-order valence-corrected chi connectivity index (χ1v) is 10.5. The first-order chi connectivity index (χ1) is 13.5. The highest BCUT2D eigenvalue weighted by Gasteiger charge is 2.13. The highest BCUT2D eigenvalue weighted by atomic mass is 35.5. The molecule has 0 radical (unpaired) electrons. The summed E-state index contributed by atoms with van der Waals surface area (Å²) in [5, 5.41) is 6.61. The smallest absolute Gasteiger partial charge is 0.119 e. The predicted molar refractivity (Wildman–Crippen MR) is 121 cm³/mol. The Balaban J connectivity index is 0.00000300. The summed E-state index contributed by atoms with van der Waals surface area (Å²) in [6, 6.07) is 12.3. The number of hydrogen-bond acceptors (Lipinski definition) is 4. The maximum atomic E-state index is 6.22. The van der Waals surface area contributed by atoms with Crippen LogP contribution < -0.4 is 22.5 Å². The molecule has 0 spiro atoms. The van der Waals surface area contributed by atoms with E-state index < -0.39 is 0 Å². The van der Waals surface area contributed by atoms with Gasteiger partial charge in [0.15, 0.2) is 0 Å². The molecule has 6 heteroatoms. The second-order valence-corrected chi connectivity index (χ2v) is 7.68. The first kappa shape index (κ1) is 23.5. The summed E-state index contributed by atoms with van der Waals surface area (Å²) in [6.07, 6.45) is 2.28. The standard InChI is InChI=1S/C23H30ClN3O.ClH/c1-5-27(6-2)13-7-8-16(3)25-23-19-11-9-17(24)14-22(19)26-21-12-10-18(28-4)15-20(21)23;/h9-12,14-16H,5-8,13H2,1-4H3,(H,25,26);1H/p-1. The lowest BCUT2D eigenvalue weighted by Gasteiger charge is -2.22. The van der Waals surface area contributed by atoms with Crippen molar-refractivity contribution >= 4 is 39.1 Å². The van der Waals surface area contributed by atoms with Crippen molar-refractivity contribution in [2.75, 3.05) is 32.1 Å². The van der Waals surface area contributed by atoms with Crippen LogP contribution in [0.3, 0.4) is 0 Å². The van der Waals surface area contributed by atoms with Crippen molar-refractivity contribution in [2.24, 2.45) is 0 Å². The molecule has 0 aliphatic rings. The zero-order chi connectivity index (χ0) is 20.1. The van der Waals surface area contributed by atoms with Gasteiger partial charge in [-0.3, -0.25) is 0 Å². The highest BCUT2D eigenvalue weighted by Crippen LogP contribution is 2.34. The molecule has 4 nitrogen and oxygen atoms in total. The van der Waals surface area contributed by atoms with E-state index >= 15 is 0 Å². The second-order valence-electron chi connectivity index (χ2n) is 7.25. The molecule has 3 rings (SSSR count). The molecule has 0 saturated carbocycles. The van der Waals surface area contributed by atoms with Gasteiger partial charge in [-0.05, 0) is 75.8 Å². The summed E-state index contributed by atoms with van der Waals surface area (Å²) in [6.45, 7) is 10.0. The van der Waals surface area contributed by atoms with Gasteiger partial charge in [0, 0.05) is 21.8 Å². The predicted octanol–water partition coefficient (Wildman–Crippen LogP) is 2.98. The summed E-state index contributed by atoms with van der Waals surface area (Å²) in [7, 11) is 1.69. The maximum absolute atomic E-state index is 6.22. The average Bonchev–Trinajstić information content (AvgIpc) is 2.70. The summed E-state index contributed by atoms with van der Waals surface area (Å²) in [4.78, 5) is 7.27. The molecule has 0 aliphatic carbocycles. The molecule has 0 fully saturated rings. The fourth-order valence-electron chi connectivity index (χ4n) is 3.66. The number of nitrogens with one attached hydrogen (secondary N) is 1. The lowest BCUT2D eigenvalue weighted by molar-refractivity contribution is -0.00000614. The molecule has 1 aromatic heterocycles. The summed E-state index contributed by atoms with van der Waals surface area (Å²) in [5.41, 5.74) is 2.95. The lowest BCUT2D eigenvalue weighted by atomic mass is 10.1. The number of rotatable bonds is 9. The quantitative estimate of drug-likeness (QED) is 0.525. The van der Waals surface area contributed by atoms with Crippen molar-refractivity contribution in [3.8, 4) is 5.75 Å². The van der Waals surface area contributed by atoms with Crippen LogP contribution in [0.1, 0.15) is 33.6 Å². The van der Waals surface area contributed by atoms with Crippen LogP contribution in [-0.2, 0) is 0 Å². The minimum absolute atomic E-state index is 0. The first-order valence-electron chi connectivity index (χ1n) is 10.1. The molecule has 1 unspecified atom stereocenters. The van der Waals surface area contributed by atoms with Gasteiger partial charge in [-0.1, -0.05) is 25.4 Å². The third-order valence-corrected chi connectivity index (χ3v) is 5.57. The van der Waals surface area contributed by atoms with Gasteiger partial charge in [0.1, 0.15) is 5.75 Å². The number of nitrogens with zero attached hydrogens (tertiary/aromatic N) is 2. The fourth-order valence-corrected chi connectivity index (χ4v) is 3.82. The van der Waals surface area contributed by atoms with Gasteiger partial charge in [0.05, 0.1) is 23.8 Å². The SMILES string of the molecule is CCN(CC)CCCC(C)Nc1c2ccc(Cl)cc2nc2ccc(OC)cc12.[Cl-]. The van der Waals surface area contributed by atoms with Crippen molar-refractivity contribution in [1.29, 1.82) is 0 Å². The molecule has 0 bridgehead atoms. The number of aromatic nitrogens is 1. The number of ether oxygens (including phenoxy) is 1. The Hall–Kier alpha value is -1.75. The van der Waals surface area contributed by atoms with Crippen LogP contribution in [0.5, 0.6) is 5.75 Å². The van der Waals surface area contributed by atoms with Crippen LogP contribution in [0.4, 0.5) is 5.69 Å². The number of fused-ring (bicyclic) bond motifs is 2. The van der Waals surface area contributed by atoms with Crippen LogP contribution >= 0.6 is 11.6 Å². The van der Waals surface area contributed by atoms with E-state index in [1.54, 1.807) is 7.11 Å². The topological polar surface area (TPSA) is 37.4 Å². The van der Waals surface area contributed by atoms with Crippen molar-refractivity contribution in [1.82, 2.24) is 9.88 Å². The van der Waals surface area contributed by atoms with Crippen molar-refractivity contribution < 1.29 is 17.1 Å². The number of pyridine rings is 1. The van der Waals surface area contributed by atoms with Crippen LogP contribution in [0.15, 0.2) is 36.4 Å². The second kappa shape index (κ2) is 10.9. The van der Waals surface area contributed by atoms with Gasteiger partial charge < -0.3 is 27.4 Å². The Kier molecular flexibility index (Phi) is 8.81. The molecule has 2 aromatic carbocycles. The van der Waals surface area contributed by atoms with Gasteiger partial charge in [-0.15, -0.1) is 0 Å². The van der Waals surface area contributed by atoms with Crippen molar-refractivity contribution in [3.05, 3.63) is 41.4 Å². The molecule has 1 N–H and O–H groups in total. The monoisotopic (exact) mass is 434 g/mol. The Morgan fingerprint density at radius 1 is 1.07 bits per heavy atom. The van der Waals surface area contributed by atoms with Crippen LogP contribution in [-0.4, -0.2) is 42.7 Å². The van der Waals surface area contributed by atoms with Crippen LogP contribution in [0, 0.1) is 0 Å². The fraction of sp³-hybridized carbons (Fsp3) is 0.435. The summed E-state index contributed by atoms with van der Waals surface area (Å²) in [5.74, 6) is 0.833. The van der Waals surface area contributed by atoms with E-state index in [-0.39, 0.29) is 12.4 Å². The Labute approximate surface area is 185 Å². The van der Waals surface area contributed by atoms with Crippen molar-refractivity contribution in [3.63, 3.8) is 0 Å². The molecule has 158 valence electrons. The molecule has 0 amide bonds. The van der Waals surface area contributed by atoms with Crippen LogP contribution in [0.2, 0.25) is 5.02 Å². The number of anilines is 1. The van der Waals surface area contributed by atoms with E-state index in [2.05, 4.69) is 43.1 Å². The Morgan fingerprint density at radius 3 is 2.52 bits per heavy atom. The normalized spacial score (nSPS) is 12.2. The Morgan fingerprint density at radius 2 is 1.83 bits per heavy atom. The van der Waals surface area contributed by atoms with Gasteiger partial charge in [-0.25, -0.2) is 4.98 Å². The number of hydrogen-bond donors (Lipinski definition) is 1. The average molecular weight is 435 g/mol. The lowest BCUT2D eigenvalue weighted by Crippen LogP contribution is -3.00. The van der Waals surface area contributed by atoms with E-state index in [0.717, 1.165) is 59.3 Å². The minimum Gasteiger partial charge on any atom is -1.00 e. The van der Waals surface area contributed by atoms with E-state index in [4.69, 9.17) is 21.3 Å². The molecule has 0 saturated heterocycles. The van der Waals surface area contributed by atoms with Crippen molar-refractivity contribution in [2.45, 2.75) is 39.7 Å². The minimum atomic E-state index is 0. The molecular weight excluding hydrogens is 405 g/mol. The van der Waals surface area contributed by atoms with E-state index in [0.29, 0.717) is 11.1 Å². The van der Waals surface area contributed by atoms with E-state index in [9.17, 15) is 0 Å². The third-order valence-electron chi connectivity index (χ3n) is 5.34. The third kappa shape index (κ3) is 5.65. The molecule has 29 heavy (non-hydrogen) atoms. The highest BCUT2D eigenvalue weighted by molar-refractivity contribution is 6.31. The summed E-state index contributed by atoms with van der Waals surface area (Å²) < 4.78 is 5.45. The molecule has 0 aliphatic heterocycles. The number of halogens is 2. The van der Waals surface area contributed by atoms with Gasteiger partial charge >= 0.3 is 0 Å². The Bertz CT molecular complexity index is 944. The van der Waals surface area contributed by atoms with Crippen LogP contribution in [0.25, 0.3) is 21.8 Å². The zero-order valence-electron chi connectivity index (χ0n) is 17.6.